The van der Waals surface area contributed by atoms with Gasteiger partial charge in [0.1, 0.15) is 13.2 Å². The minimum absolute atomic E-state index is 0.0517. The average Bonchev–Trinajstić information content (AvgIpc) is 2.78. The zero-order chi connectivity index (χ0) is 22.6. The topological polar surface area (TPSA) is 71.1 Å². The number of rotatable bonds is 9. The molecule has 0 spiro atoms. The van der Waals surface area contributed by atoms with E-state index in [2.05, 4.69) is 13.8 Å². The van der Waals surface area contributed by atoms with E-state index in [9.17, 15) is 9.59 Å². The molecule has 6 heteroatoms. The molecule has 2 aromatic rings. The van der Waals surface area contributed by atoms with Gasteiger partial charge in [0.2, 0.25) is 0 Å². The molecule has 0 radical (unpaired) electrons. The lowest BCUT2D eigenvalue weighted by Gasteiger charge is -2.39. The van der Waals surface area contributed by atoms with Gasteiger partial charge in [0.05, 0.1) is 48.4 Å². The van der Waals surface area contributed by atoms with Crippen molar-refractivity contribution in [1.29, 1.82) is 0 Å². The normalized spacial score (nSPS) is 18.2. The molecule has 0 unspecified atom stereocenters. The van der Waals surface area contributed by atoms with Gasteiger partial charge in [-0.25, -0.2) is 9.59 Å². The smallest absolute Gasteiger partial charge is 0.338 e. The van der Waals surface area contributed by atoms with Crippen molar-refractivity contribution in [2.24, 2.45) is 10.8 Å². The van der Waals surface area contributed by atoms with Gasteiger partial charge in [-0.3, -0.25) is 0 Å². The molecule has 0 saturated carbocycles. The first-order valence-corrected chi connectivity index (χ1v) is 11.2. The summed E-state index contributed by atoms with van der Waals surface area (Å²) >= 11 is 0. The second-order valence-corrected chi connectivity index (χ2v) is 9.01. The molecule has 0 N–H and O–H groups in total. The summed E-state index contributed by atoms with van der Waals surface area (Å²) in [4.78, 5) is 25.2. The van der Waals surface area contributed by atoms with Crippen molar-refractivity contribution < 1.29 is 28.5 Å². The molecule has 2 saturated heterocycles. The van der Waals surface area contributed by atoms with Gasteiger partial charge in [0, 0.05) is 0 Å². The molecule has 32 heavy (non-hydrogen) atoms. The summed E-state index contributed by atoms with van der Waals surface area (Å²) in [5.41, 5.74) is 2.54. The summed E-state index contributed by atoms with van der Waals surface area (Å²) < 4.78 is 21.7. The van der Waals surface area contributed by atoms with E-state index in [1.165, 1.54) is 0 Å². The number of ether oxygens (including phenoxy) is 4. The second kappa shape index (κ2) is 9.43. The monoisotopic (exact) mass is 438 g/mol. The van der Waals surface area contributed by atoms with E-state index in [0.717, 1.165) is 24.0 Å². The number of hydrogen-bond donors (Lipinski definition) is 0. The highest BCUT2D eigenvalue weighted by molar-refractivity contribution is 5.93. The minimum Gasteiger partial charge on any atom is -0.461 e. The molecule has 0 bridgehead atoms. The van der Waals surface area contributed by atoms with Gasteiger partial charge in [0.25, 0.3) is 0 Å². The Bertz CT molecular complexity index is 883. The van der Waals surface area contributed by atoms with Crippen LogP contribution in [0.25, 0.3) is 11.1 Å². The fourth-order valence-corrected chi connectivity index (χ4v) is 3.82. The van der Waals surface area contributed by atoms with Crippen molar-refractivity contribution >= 4 is 11.9 Å². The quantitative estimate of drug-likeness (QED) is 0.536. The van der Waals surface area contributed by atoms with Crippen LogP contribution in [0.5, 0.6) is 0 Å². The largest absolute Gasteiger partial charge is 0.461 e. The maximum Gasteiger partial charge on any atom is 0.338 e. The molecular formula is C26H30O6. The van der Waals surface area contributed by atoms with Gasteiger partial charge in [-0.05, 0) is 48.2 Å². The van der Waals surface area contributed by atoms with Crippen LogP contribution in [0.2, 0.25) is 0 Å². The van der Waals surface area contributed by atoms with Crippen molar-refractivity contribution in [2.45, 2.75) is 26.7 Å². The number of esters is 2. The van der Waals surface area contributed by atoms with Crippen molar-refractivity contribution in [3.05, 3.63) is 59.7 Å². The van der Waals surface area contributed by atoms with Crippen LogP contribution in [0.4, 0.5) is 0 Å². The molecule has 0 amide bonds. The highest BCUT2D eigenvalue weighted by Gasteiger charge is 2.39. The Morgan fingerprint density at radius 1 is 0.750 bits per heavy atom. The summed E-state index contributed by atoms with van der Waals surface area (Å²) in [6.07, 6.45) is 1.82. The zero-order valence-corrected chi connectivity index (χ0v) is 18.7. The average molecular weight is 439 g/mol. The highest BCUT2D eigenvalue weighted by Crippen LogP contribution is 2.33. The van der Waals surface area contributed by atoms with Crippen LogP contribution in [-0.2, 0) is 18.9 Å². The summed E-state index contributed by atoms with van der Waals surface area (Å²) in [6.45, 7) is 7.40. The number of hydrogen-bond acceptors (Lipinski definition) is 6. The van der Waals surface area contributed by atoms with Crippen LogP contribution in [-0.4, -0.2) is 51.6 Å². The molecule has 2 heterocycles. The lowest BCUT2D eigenvalue weighted by Crippen LogP contribution is -2.46. The zero-order valence-electron chi connectivity index (χ0n) is 18.7. The van der Waals surface area contributed by atoms with E-state index in [1.54, 1.807) is 24.3 Å². The fraction of sp³-hybridized carbons (Fsp3) is 0.462. The Balaban J connectivity index is 1.42. The van der Waals surface area contributed by atoms with E-state index in [-0.39, 0.29) is 22.8 Å². The summed E-state index contributed by atoms with van der Waals surface area (Å²) in [5.74, 6) is -0.704. The highest BCUT2D eigenvalue weighted by atomic mass is 16.6. The molecule has 2 aromatic carbocycles. The lowest BCUT2D eigenvalue weighted by molar-refractivity contribution is -0.140. The van der Waals surface area contributed by atoms with Gasteiger partial charge in [-0.15, -0.1) is 0 Å². The molecule has 4 rings (SSSR count). The Morgan fingerprint density at radius 3 is 1.47 bits per heavy atom. The standard InChI is InChI=1S/C26H30O6/c1-3-25(13-29-14-25)17-31-23(27)21-9-5-7-19(11-21)20-8-6-10-22(12-20)24(28)32-18-26(4-2)15-30-16-26/h5-12H,3-4,13-18H2,1-2H3. The number of carbonyl (C=O) groups is 2. The van der Waals surface area contributed by atoms with Gasteiger partial charge in [-0.1, -0.05) is 38.1 Å². The fourth-order valence-electron chi connectivity index (χ4n) is 3.82. The molecule has 2 aliphatic rings. The van der Waals surface area contributed by atoms with Gasteiger partial charge in [-0.2, -0.15) is 0 Å². The van der Waals surface area contributed by atoms with E-state index >= 15 is 0 Å². The van der Waals surface area contributed by atoms with Gasteiger partial charge >= 0.3 is 11.9 Å². The third-order valence-electron chi connectivity index (χ3n) is 6.68. The van der Waals surface area contributed by atoms with Crippen molar-refractivity contribution in [1.82, 2.24) is 0 Å². The van der Waals surface area contributed by atoms with Crippen LogP contribution in [0.1, 0.15) is 47.4 Å². The van der Waals surface area contributed by atoms with Crippen LogP contribution in [0.15, 0.2) is 48.5 Å². The van der Waals surface area contributed by atoms with E-state index < -0.39 is 0 Å². The van der Waals surface area contributed by atoms with E-state index in [1.807, 2.05) is 24.3 Å². The first kappa shape index (κ1) is 22.5. The second-order valence-electron chi connectivity index (χ2n) is 9.01. The van der Waals surface area contributed by atoms with Crippen LogP contribution < -0.4 is 0 Å². The molecule has 170 valence electrons. The molecule has 0 aliphatic carbocycles. The van der Waals surface area contributed by atoms with Gasteiger partial charge in [0.15, 0.2) is 0 Å². The molecule has 2 fully saturated rings. The molecule has 2 aliphatic heterocycles. The third kappa shape index (κ3) is 4.71. The summed E-state index contributed by atoms with van der Waals surface area (Å²) in [6, 6.07) is 14.5. The van der Waals surface area contributed by atoms with Crippen LogP contribution >= 0.6 is 0 Å². The molecule has 6 nitrogen and oxygen atoms in total. The lowest BCUT2D eigenvalue weighted by atomic mass is 9.84. The summed E-state index contributed by atoms with van der Waals surface area (Å²) in [7, 11) is 0. The van der Waals surface area contributed by atoms with Gasteiger partial charge < -0.3 is 18.9 Å². The van der Waals surface area contributed by atoms with E-state index in [0.29, 0.717) is 50.8 Å². The predicted molar refractivity (Wildman–Crippen MR) is 120 cm³/mol. The van der Waals surface area contributed by atoms with Crippen molar-refractivity contribution in [3.63, 3.8) is 0 Å². The SMILES string of the molecule is CCC1(COC(=O)c2cccc(-c3cccc(C(=O)OCC4(CC)COC4)c3)c2)COC1. The van der Waals surface area contributed by atoms with Crippen LogP contribution in [0, 0.1) is 10.8 Å². The van der Waals surface area contributed by atoms with E-state index in [4.69, 9.17) is 18.9 Å². The Hall–Kier alpha value is -2.70. The first-order chi connectivity index (χ1) is 15.5. The number of carbonyl (C=O) groups excluding carboxylic acids is 2. The third-order valence-corrected chi connectivity index (χ3v) is 6.68. The van der Waals surface area contributed by atoms with Crippen molar-refractivity contribution in [3.8, 4) is 11.1 Å². The Labute approximate surface area is 188 Å². The predicted octanol–water partition coefficient (Wildman–Crippen LogP) is 4.52. The van der Waals surface area contributed by atoms with Crippen LogP contribution in [0.3, 0.4) is 0 Å². The molecular weight excluding hydrogens is 408 g/mol. The minimum atomic E-state index is -0.352. The summed E-state index contributed by atoms with van der Waals surface area (Å²) in [5, 5.41) is 0. The molecule has 0 atom stereocenters. The number of benzene rings is 2. The Morgan fingerprint density at radius 2 is 1.16 bits per heavy atom. The Kier molecular flexibility index (Phi) is 6.63. The first-order valence-electron chi connectivity index (χ1n) is 11.2. The maximum absolute atomic E-state index is 12.6. The van der Waals surface area contributed by atoms with Crippen molar-refractivity contribution in [2.75, 3.05) is 39.6 Å². The molecule has 0 aromatic heterocycles. The maximum atomic E-state index is 12.6.